The fourth-order valence-electron chi connectivity index (χ4n) is 1.71. The zero-order valence-electron chi connectivity index (χ0n) is 10.5. The van der Waals surface area contributed by atoms with Crippen LogP contribution in [0.4, 0.5) is 0 Å². The van der Waals surface area contributed by atoms with Crippen LogP contribution in [0.5, 0.6) is 0 Å². The molecule has 6 N–H and O–H groups in total. The number of carbonyl (C=O) groups excluding carboxylic acids is 1. The number of esters is 1. The number of aliphatic hydroxyl groups is 6. The molecule has 0 radical (unpaired) electrons. The second kappa shape index (κ2) is 5.53. The van der Waals surface area contributed by atoms with Gasteiger partial charge in [-0.25, -0.2) is 4.79 Å². The first kappa shape index (κ1) is 16.0. The maximum atomic E-state index is 11.5. The predicted octanol–water partition coefficient (Wildman–Crippen LogP) is -3.00. The van der Waals surface area contributed by atoms with Crippen molar-refractivity contribution in [2.45, 2.75) is 50.2 Å². The van der Waals surface area contributed by atoms with E-state index in [1.165, 1.54) is 19.9 Å². The topological polar surface area (TPSA) is 148 Å². The summed E-state index contributed by atoms with van der Waals surface area (Å²) in [4.78, 5) is 11.5. The summed E-state index contributed by atoms with van der Waals surface area (Å²) >= 11 is 0. The number of allylic oxidation sites excluding steroid dienone is 1. The van der Waals surface area contributed by atoms with Crippen molar-refractivity contribution in [1.82, 2.24) is 0 Å². The highest BCUT2D eigenvalue weighted by atomic mass is 16.7. The smallest absolute Gasteiger partial charge is 0.336 e. The molecule has 0 aliphatic heterocycles. The molecular formula is C11H18O8. The first-order valence-corrected chi connectivity index (χ1v) is 5.65. The lowest BCUT2D eigenvalue weighted by molar-refractivity contribution is -0.346. The molecule has 0 amide bonds. The van der Waals surface area contributed by atoms with Crippen LogP contribution >= 0.6 is 0 Å². The van der Waals surface area contributed by atoms with E-state index in [1.807, 2.05) is 0 Å². The minimum Gasteiger partial charge on any atom is -0.424 e. The fraction of sp³-hybridized carbons (Fsp3) is 0.727. The van der Waals surface area contributed by atoms with E-state index in [9.17, 15) is 35.4 Å². The highest BCUT2D eigenvalue weighted by molar-refractivity contribution is 5.87. The average molecular weight is 278 g/mol. The Morgan fingerprint density at radius 2 is 1.47 bits per heavy atom. The first-order valence-electron chi connectivity index (χ1n) is 5.65. The second-order valence-electron chi connectivity index (χ2n) is 4.47. The van der Waals surface area contributed by atoms with Gasteiger partial charge in [0.1, 0.15) is 18.3 Å². The van der Waals surface area contributed by atoms with E-state index in [-0.39, 0.29) is 5.57 Å². The van der Waals surface area contributed by atoms with Gasteiger partial charge in [0.25, 0.3) is 5.79 Å². The Bertz CT molecular complexity index is 363. The van der Waals surface area contributed by atoms with E-state index in [4.69, 9.17) is 0 Å². The van der Waals surface area contributed by atoms with E-state index in [1.54, 1.807) is 0 Å². The highest BCUT2D eigenvalue weighted by Crippen LogP contribution is 2.32. The second-order valence-corrected chi connectivity index (χ2v) is 4.47. The summed E-state index contributed by atoms with van der Waals surface area (Å²) in [5, 5.41) is 57.5. The molecule has 0 heterocycles. The summed E-state index contributed by atoms with van der Waals surface area (Å²) in [5.41, 5.74) is 0.0860. The number of ether oxygens (including phenoxy) is 1. The lowest BCUT2D eigenvalue weighted by Gasteiger charge is -2.46. The van der Waals surface area contributed by atoms with Crippen LogP contribution in [0, 0.1) is 0 Å². The minimum absolute atomic E-state index is 0.0860. The molecule has 2 unspecified atom stereocenters. The van der Waals surface area contributed by atoms with Crippen molar-refractivity contribution in [2.75, 3.05) is 0 Å². The molecule has 6 atom stereocenters. The molecule has 19 heavy (non-hydrogen) atoms. The third-order valence-electron chi connectivity index (χ3n) is 3.21. The summed E-state index contributed by atoms with van der Waals surface area (Å²) in [6.07, 6.45) is -8.82. The standard InChI is InChI=1S/C11H18O8/c1-3-4(2)10(17)19-11(18)8(15)6(13)5(12)7(14)9(11)16/h3,5-9,12-16,18H,1-2H3/b4-3+/t5?,6-,7+,8-,9-,11?/m1/s1. The molecule has 1 saturated carbocycles. The minimum atomic E-state index is -2.92. The van der Waals surface area contributed by atoms with E-state index in [0.717, 1.165) is 0 Å². The van der Waals surface area contributed by atoms with Gasteiger partial charge in [0.05, 0.1) is 0 Å². The molecule has 1 fully saturated rings. The van der Waals surface area contributed by atoms with E-state index in [0.29, 0.717) is 0 Å². The maximum Gasteiger partial charge on any atom is 0.336 e. The van der Waals surface area contributed by atoms with Gasteiger partial charge in [-0.05, 0) is 13.8 Å². The van der Waals surface area contributed by atoms with Gasteiger partial charge in [-0.3, -0.25) is 0 Å². The normalized spacial score (nSPS) is 44.0. The van der Waals surface area contributed by atoms with Crippen LogP contribution in [-0.4, -0.2) is 72.9 Å². The lowest BCUT2D eigenvalue weighted by Crippen LogP contribution is -2.72. The molecule has 110 valence electrons. The van der Waals surface area contributed by atoms with Crippen molar-refractivity contribution in [1.29, 1.82) is 0 Å². The van der Waals surface area contributed by atoms with Gasteiger partial charge >= 0.3 is 5.97 Å². The quantitative estimate of drug-likeness (QED) is 0.178. The molecule has 0 saturated heterocycles. The van der Waals surface area contributed by atoms with Crippen LogP contribution in [0.3, 0.4) is 0 Å². The van der Waals surface area contributed by atoms with Gasteiger partial charge in [-0.1, -0.05) is 6.08 Å². The fourth-order valence-corrected chi connectivity index (χ4v) is 1.71. The Balaban J connectivity index is 3.03. The Morgan fingerprint density at radius 3 is 1.84 bits per heavy atom. The molecule has 1 aliphatic carbocycles. The third-order valence-corrected chi connectivity index (χ3v) is 3.21. The van der Waals surface area contributed by atoms with Crippen molar-refractivity contribution in [2.24, 2.45) is 0 Å². The largest absolute Gasteiger partial charge is 0.424 e. The van der Waals surface area contributed by atoms with Gasteiger partial charge in [-0.15, -0.1) is 0 Å². The number of hydrogen-bond acceptors (Lipinski definition) is 8. The molecule has 0 bridgehead atoms. The van der Waals surface area contributed by atoms with Crippen LogP contribution in [-0.2, 0) is 9.53 Å². The zero-order valence-corrected chi connectivity index (χ0v) is 10.5. The van der Waals surface area contributed by atoms with E-state index in [2.05, 4.69) is 4.74 Å². The molecule has 0 aromatic heterocycles. The molecule has 8 nitrogen and oxygen atoms in total. The number of rotatable bonds is 2. The predicted molar refractivity (Wildman–Crippen MR) is 60.5 cm³/mol. The zero-order chi connectivity index (χ0) is 15.0. The average Bonchev–Trinajstić information content (AvgIpc) is 2.40. The van der Waals surface area contributed by atoms with Gasteiger partial charge in [0, 0.05) is 5.57 Å². The SMILES string of the molecule is C/C=C(\C)C(=O)OC1(O)[C@H](O)[C@H](O)C(O)[C@H](O)[C@H]1O. The molecule has 1 aliphatic rings. The molecular weight excluding hydrogens is 260 g/mol. The van der Waals surface area contributed by atoms with E-state index < -0.39 is 42.3 Å². The summed E-state index contributed by atoms with van der Waals surface area (Å²) in [7, 11) is 0. The molecule has 8 heteroatoms. The van der Waals surface area contributed by atoms with Crippen molar-refractivity contribution in [3.63, 3.8) is 0 Å². The van der Waals surface area contributed by atoms with Gasteiger partial charge in [-0.2, -0.15) is 0 Å². The van der Waals surface area contributed by atoms with Gasteiger partial charge in [0.2, 0.25) is 0 Å². The van der Waals surface area contributed by atoms with Crippen LogP contribution < -0.4 is 0 Å². The Kier molecular flexibility index (Phi) is 4.67. The molecule has 0 aromatic rings. The van der Waals surface area contributed by atoms with Crippen LogP contribution in [0.25, 0.3) is 0 Å². The van der Waals surface area contributed by atoms with Crippen molar-refractivity contribution >= 4 is 5.97 Å². The highest BCUT2D eigenvalue weighted by Gasteiger charge is 2.60. The number of hydrogen-bond donors (Lipinski definition) is 6. The number of aliphatic hydroxyl groups excluding tert-OH is 5. The summed E-state index contributed by atoms with van der Waals surface area (Å²) in [6.45, 7) is 2.90. The summed E-state index contributed by atoms with van der Waals surface area (Å²) in [5.74, 6) is -3.96. The maximum absolute atomic E-state index is 11.5. The molecule has 1 rings (SSSR count). The van der Waals surface area contributed by atoms with Crippen molar-refractivity contribution in [3.05, 3.63) is 11.6 Å². The molecule has 0 aromatic carbocycles. The number of carbonyl (C=O) groups is 1. The van der Waals surface area contributed by atoms with Gasteiger partial charge in [0.15, 0.2) is 12.2 Å². The van der Waals surface area contributed by atoms with Crippen molar-refractivity contribution in [3.8, 4) is 0 Å². The first-order chi connectivity index (χ1) is 8.66. The molecule has 0 spiro atoms. The monoisotopic (exact) mass is 278 g/mol. The van der Waals surface area contributed by atoms with Gasteiger partial charge < -0.3 is 35.4 Å². The summed E-state index contributed by atoms with van der Waals surface area (Å²) in [6, 6.07) is 0. The Labute approximate surface area is 109 Å². The van der Waals surface area contributed by atoms with Crippen LogP contribution in [0.2, 0.25) is 0 Å². The Hall–Kier alpha value is -1.03. The van der Waals surface area contributed by atoms with Crippen molar-refractivity contribution < 1.29 is 40.2 Å². The summed E-state index contributed by atoms with van der Waals surface area (Å²) < 4.78 is 4.56. The third kappa shape index (κ3) is 2.64. The van der Waals surface area contributed by atoms with Crippen LogP contribution in [0.15, 0.2) is 11.6 Å². The Morgan fingerprint density at radius 1 is 1.05 bits per heavy atom. The lowest BCUT2D eigenvalue weighted by atomic mass is 9.82. The van der Waals surface area contributed by atoms with E-state index >= 15 is 0 Å². The van der Waals surface area contributed by atoms with Crippen LogP contribution in [0.1, 0.15) is 13.8 Å².